The first-order valence-electron chi connectivity index (χ1n) is 9.31. The Kier molecular flexibility index (Phi) is 4.27. The number of nitrogens with zero attached hydrogens (tertiary/aromatic N) is 2. The zero-order valence-corrected chi connectivity index (χ0v) is 16.9. The zero-order valence-electron chi connectivity index (χ0n) is 16.1. The van der Waals surface area contributed by atoms with Crippen LogP contribution >= 0.6 is 0 Å². The molecule has 2 aromatic rings. The summed E-state index contributed by atoms with van der Waals surface area (Å²) in [5.41, 5.74) is 1.38. The maximum Gasteiger partial charge on any atom is 0.266 e. The minimum absolute atomic E-state index is 0.00647. The van der Waals surface area contributed by atoms with Crippen molar-refractivity contribution in [2.45, 2.75) is 62.5 Å². The first-order valence-corrected chi connectivity index (χ1v) is 10.8. The number of hydrogen-bond acceptors (Lipinski definition) is 6. The number of amides is 1. The van der Waals surface area contributed by atoms with Gasteiger partial charge in [-0.25, -0.2) is 17.8 Å². The molecule has 2 heterocycles. The monoisotopic (exact) mass is 404 g/mol. The lowest BCUT2D eigenvalue weighted by molar-refractivity contribution is 0.0985. The second-order valence-electron chi connectivity index (χ2n) is 8.47. The Morgan fingerprint density at radius 1 is 1.25 bits per heavy atom. The third-order valence-electron chi connectivity index (χ3n) is 5.20. The van der Waals surface area contributed by atoms with E-state index in [4.69, 9.17) is 5.10 Å². The van der Waals surface area contributed by atoms with Gasteiger partial charge in [-0.05, 0) is 58.2 Å². The fourth-order valence-electron chi connectivity index (χ4n) is 3.83. The fourth-order valence-corrected chi connectivity index (χ4v) is 4.98. The molecule has 1 amide bonds. The molecule has 9 heteroatoms. The van der Waals surface area contributed by atoms with Crippen LogP contribution < -0.4 is 10.0 Å². The summed E-state index contributed by atoms with van der Waals surface area (Å²) in [6.45, 7) is 6.13. The zero-order chi connectivity index (χ0) is 20.3. The number of anilines is 2. The van der Waals surface area contributed by atoms with E-state index in [9.17, 15) is 18.3 Å². The summed E-state index contributed by atoms with van der Waals surface area (Å²) in [7, 11) is -3.76. The number of aliphatic hydroxyl groups excluding tert-OH is 1. The van der Waals surface area contributed by atoms with Crippen molar-refractivity contribution >= 4 is 27.4 Å². The van der Waals surface area contributed by atoms with Crippen molar-refractivity contribution in [2.24, 2.45) is 0 Å². The van der Waals surface area contributed by atoms with Crippen LogP contribution in [0.4, 0.5) is 11.5 Å². The molecule has 1 aromatic heterocycles. The lowest BCUT2D eigenvalue weighted by Gasteiger charge is -2.23. The Bertz CT molecular complexity index is 1050. The number of carbonyl (C=O) groups excluding carboxylic acids is 1. The number of nitrogens with one attached hydrogen (secondary N) is 2. The number of benzene rings is 1. The molecule has 2 atom stereocenters. The third kappa shape index (κ3) is 3.29. The van der Waals surface area contributed by atoms with E-state index < -0.39 is 15.9 Å². The summed E-state index contributed by atoms with van der Waals surface area (Å²) in [6.07, 6.45) is 2.11. The highest BCUT2D eigenvalue weighted by Gasteiger charge is 2.33. The van der Waals surface area contributed by atoms with Gasteiger partial charge >= 0.3 is 0 Å². The van der Waals surface area contributed by atoms with Crippen molar-refractivity contribution in [3.63, 3.8) is 0 Å². The van der Waals surface area contributed by atoms with Gasteiger partial charge in [-0.15, -0.1) is 0 Å². The van der Waals surface area contributed by atoms with Gasteiger partial charge in [0.05, 0.1) is 22.9 Å². The van der Waals surface area contributed by atoms with E-state index in [-0.39, 0.29) is 28.0 Å². The summed E-state index contributed by atoms with van der Waals surface area (Å²) in [5.74, 6) is 0.351. The Morgan fingerprint density at radius 2 is 2.00 bits per heavy atom. The molecule has 0 spiro atoms. The smallest absolute Gasteiger partial charge is 0.266 e. The van der Waals surface area contributed by atoms with Crippen molar-refractivity contribution in [2.75, 3.05) is 5.32 Å². The molecule has 0 bridgehead atoms. The summed E-state index contributed by atoms with van der Waals surface area (Å²) < 4.78 is 27.7. The van der Waals surface area contributed by atoms with Crippen molar-refractivity contribution in [3.05, 3.63) is 35.5 Å². The number of fused-ring (bicyclic) bond motifs is 1. The second kappa shape index (κ2) is 6.31. The van der Waals surface area contributed by atoms with Gasteiger partial charge in [0, 0.05) is 17.7 Å². The molecule has 2 aliphatic rings. The standard InChI is InChI=1S/C19H24N4O4S/c1-19(2,3)23-17(10-15(21-23)11-4-6-13(24)8-11)20-12-5-7-16-14(9-12)18(25)22-28(16,26)27/h5,7,9-11,13,20,24H,4,6,8H2,1-3H3,(H,22,25)/t11-,13+/m0/s1. The highest BCUT2D eigenvalue weighted by atomic mass is 32.2. The quantitative estimate of drug-likeness (QED) is 0.724. The van der Waals surface area contributed by atoms with E-state index >= 15 is 0 Å². The topological polar surface area (TPSA) is 113 Å². The minimum atomic E-state index is -3.76. The average molecular weight is 404 g/mol. The molecule has 150 valence electrons. The van der Waals surface area contributed by atoms with Crippen molar-refractivity contribution < 1.29 is 18.3 Å². The van der Waals surface area contributed by atoms with Crippen molar-refractivity contribution in [1.82, 2.24) is 14.5 Å². The van der Waals surface area contributed by atoms with Crippen LogP contribution in [0.25, 0.3) is 0 Å². The van der Waals surface area contributed by atoms with Crippen LogP contribution in [-0.2, 0) is 15.6 Å². The molecule has 0 saturated heterocycles. The molecule has 8 nitrogen and oxygen atoms in total. The molecule has 28 heavy (non-hydrogen) atoms. The first kappa shape index (κ1) is 18.9. The molecule has 0 unspecified atom stereocenters. The van der Waals surface area contributed by atoms with Crippen LogP contribution in [0.1, 0.15) is 62.0 Å². The van der Waals surface area contributed by atoms with Crippen LogP contribution in [0.5, 0.6) is 0 Å². The number of sulfonamides is 1. The van der Waals surface area contributed by atoms with E-state index in [1.54, 1.807) is 6.07 Å². The molecule has 1 saturated carbocycles. The van der Waals surface area contributed by atoms with Gasteiger partial charge in [-0.3, -0.25) is 4.79 Å². The summed E-state index contributed by atoms with van der Waals surface area (Å²) in [6, 6.07) is 6.57. The predicted octanol–water partition coefficient (Wildman–Crippen LogP) is 2.44. The normalized spacial score (nSPS) is 23.5. The first-order chi connectivity index (χ1) is 13.0. The molecule has 0 radical (unpaired) electrons. The molecule has 1 aliphatic carbocycles. The number of rotatable bonds is 3. The van der Waals surface area contributed by atoms with Gasteiger partial charge in [0.15, 0.2) is 0 Å². The summed E-state index contributed by atoms with van der Waals surface area (Å²) in [4.78, 5) is 12.0. The molecular weight excluding hydrogens is 380 g/mol. The Hall–Kier alpha value is -2.39. The molecule has 3 N–H and O–H groups in total. The molecule has 4 rings (SSSR count). The maximum atomic E-state index is 12.0. The van der Waals surface area contributed by atoms with Gasteiger partial charge in [0.1, 0.15) is 10.7 Å². The Morgan fingerprint density at radius 3 is 2.64 bits per heavy atom. The number of aromatic nitrogens is 2. The van der Waals surface area contributed by atoms with Crippen LogP contribution in [0, 0.1) is 0 Å². The maximum absolute atomic E-state index is 12.0. The number of hydrogen-bond donors (Lipinski definition) is 3. The van der Waals surface area contributed by atoms with Gasteiger partial charge < -0.3 is 10.4 Å². The van der Waals surface area contributed by atoms with Crippen molar-refractivity contribution in [1.29, 1.82) is 0 Å². The van der Waals surface area contributed by atoms with Crippen LogP contribution in [0.3, 0.4) is 0 Å². The van der Waals surface area contributed by atoms with Gasteiger partial charge in [0.2, 0.25) is 0 Å². The largest absolute Gasteiger partial charge is 0.393 e. The highest BCUT2D eigenvalue weighted by molar-refractivity contribution is 7.90. The predicted molar refractivity (Wildman–Crippen MR) is 104 cm³/mol. The van der Waals surface area contributed by atoms with Crippen LogP contribution in [0.2, 0.25) is 0 Å². The van der Waals surface area contributed by atoms with Crippen LogP contribution in [-0.4, -0.2) is 35.3 Å². The number of aliphatic hydroxyl groups is 1. The van der Waals surface area contributed by atoms with Crippen molar-refractivity contribution in [3.8, 4) is 0 Å². The molecule has 1 fully saturated rings. The minimum Gasteiger partial charge on any atom is -0.393 e. The Labute approximate surface area is 164 Å². The second-order valence-corrected chi connectivity index (χ2v) is 10.1. The number of carbonyl (C=O) groups is 1. The van der Waals surface area contributed by atoms with E-state index in [0.717, 1.165) is 24.4 Å². The highest BCUT2D eigenvalue weighted by Crippen LogP contribution is 2.37. The molecule has 1 aromatic carbocycles. The SMILES string of the molecule is CC(C)(C)n1nc([C@H]2CC[C@@H](O)C2)cc1Nc1ccc2c(c1)C(=O)NS2(=O)=O. The lowest BCUT2D eigenvalue weighted by Crippen LogP contribution is -2.24. The van der Waals surface area contributed by atoms with Gasteiger partial charge in [-0.1, -0.05) is 0 Å². The Balaban J connectivity index is 1.69. The van der Waals surface area contributed by atoms with Gasteiger partial charge in [-0.2, -0.15) is 5.10 Å². The van der Waals surface area contributed by atoms with E-state index in [0.29, 0.717) is 12.1 Å². The fraction of sp³-hybridized carbons (Fsp3) is 0.474. The van der Waals surface area contributed by atoms with E-state index in [2.05, 4.69) is 5.32 Å². The van der Waals surface area contributed by atoms with Gasteiger partial charge in [0.25, 0.3) is 15.9 Å². The molecule has 1 aliphatic heterocycles. The van der Waals surface area contributed by atoms with Crippen LogP contribution in [0.15, 0.2) is 29.2 Å². The average Bonchev–Trinajstić information content (AvgIpc) is 3.25. The molecular formula is C19H24N4O4S. The summed E-state index contributed by atoms with van der Waals surface area (Å²) in [5, 5.41) is 17.9. The van der Waals surface area contributed by atoms with E-state index in [1.165, 1.54) is 12.1 Å². The van der Waals surface area contributed by atoms with E-state index in [1.807, 2.05) is 36.2 Å². The lowest BCUT2D eigenvalue weighted by atomic mass is 10.0. The third-order valence-corrected chi connectivity index (χ3v) is 6.59. The summed E-state index contributed by atoms with van der Waals surface area (Å²) >= 11 is 0.